The average Bonchev–Trinajstić information content (AvgIpc) is 3.50. The van der Waals surface area contributed by atoms with Crippen LogP contribution in [0.25, 0.3) is 11.3 Å². The zero-order valence-electron chi connectivity index (χ0n) is 18.0. The fraction of sp³-hybridized carbons (Fsp3) is 0.261. The fourth-order valence-corrected chi connectivity index (χ4v) is 5.71. The van der Waals surface area contributed by atoms with Gasteiger partial charge < -0.3 is 10.1 Å². The highest BCUT2D eigenvalue weighted by Crippen LogP contribution is 2.24. The molecule has 0 saturated carbocycles. The Balaban J connectivity index is 1.37. The van der Waals surface area contributed by atoms with E-state index in [2.05, 4.69) is 10.3 Å². The van der Waals surface area contributed by atoms with Gasteiger partial charge in [-0.25, -0.2) is 18.2 Å². The number of amides is 1. The van der Waals surface area contributed by atoms with E-state index >= 15 is 0 Å². The summed E-state index contributed by atoms with van der Waals surface area (Å²) in [5.74, 6) is -1.27. The number of esters is 1. The molecule has 172 valence electrons. The van der Waals surface area contributed by atoms with Crippen LogP contribution < -0.4 is 5.32 Å². The molecule has 1 amide bonds. The van der Waals surface area contributed by atoms with Gasteiger partial charge in [0.25, 0.3) is 5.91 Å². The Labute approximate surface area is 196 Å². The Bertz CT molecular complexity index is 1280. The standard InChI is InChI=1S/C23H23N3O5S2/c1-16-24-21(15-32-16)17-6-4-8-19(12-17)25-22(27)14-31-23(28)18-7-5-9-20(13-18)33(29,30)26-10-2-3-11-26/h4-9,12-13,15H,2-3,10-11,14H2,1H3,(H,25,27). The Kier molecular flexibility index (Phi) is 6.87. The van der Waals surface area contributed by atoms with Crippen molar-refractivity contribution in [3.63, 3.8) is 0 Å². The SMILES string of the molecule is Cc1nc(-c2cccc(NC(=O)COC(=O)c3cccc(S(=O)(=O)N4CCCC4)c3)c2)cs1. The summed E-state index contributed by atoms with van der Waals surface area (Å²) in [5, 5.41) is 5.58. The number of benzene rings is 2. The molecule has 3 aromatic rings. The number of hydrogen-bond acceptors (Lipinski definition) is 7. The van der Waals surface area contributed by atoms with Crippen LogP contribution in [0.3, 0.4) is 0 Å². The lowest BCUT2D eigenvalue weighted by molar-refractivity contribution is -0.119. The summed E-state index contributed by atoms with van der Waals surface area (Å²) in [5.41, 5.74) is 2.32. The van der Waals surface area contributed by atoms with Crippen LogP contribution in [0.4, 0.5) is 5.69 Å². The van der Waals surface area contributed by atoms with Gasteiger partial charge >= 0.3 is 5.97 Å². The van der Waals surface area contributed by atoms with E-state index in [1.807, 2.05) is 18.4 Å². The maximum Gasteiger partial charge on any atom is 0.338 e. The van der Waals surface area contributed by atoms with E-state index in [1.54, 1.807) is 29.5 Å². The summed E-state index contributed by atoms with van der Waals surface area (Å²) in [4.78, 5) is 29.2. The molecule has 1 fully saturated rings. The lowest BCUT2D eigenvalue weighted by atomic mass is 10.1. The van der Waals surface area contributed by atoms with Crippen molar-refractivity contribution >= 4 is 38.9 Å². The number of rotatable bonds is 7. The molecule has 1 saturated heterocycles. The van der Waals surface area contributed by atoms with Gasteiger partial charge in [0.05, 0.1) is 21.2 Å². The first-order valence-electron chi connectivity index (χ1n) is 10.4. The minimum absolute atomic E-state index is 0.0393. The van der Waals surface area contributed by atoms with Gasteiger partial charge in [0.2, 0.25) is 10.0 Å². The van der Waals surface area contributed by atoms with Crippen LogP contribution in [-0.2, 0) is 19.6 Å². The Morgan fingerprint density at radius 3 is 2.61 bits per heavy atom. The third-order valence-electron chi connectivity index (χ3n) is 5.17. The fourth-order valence-electron chi connectivity index (χ4n) is 3.52. The van der Waals surface area contributed by atoms with Crippen LogP contribution in [0.5, 0.6) is 0 Å². The number of ether oxygens (including phenoxy) is 1. The molecular formula is C23H23N3O5S2. The first kappa shape index (κ1) is 23.1. The molecule has 2 heterocycles. The largest absolute Gasteiger partial charge is 0.452 e. The van der Waals surface area contributed by atoms with Gasteiger partial charge in [-0.3, -0.25) is 4.79 Å². The normalized spacial score (nSPS) is 14.2. The summed E-state index contributed by atoms with van der Waals surface area (Å²) in [6.45, 7) is 2.37. The molecule has 0 radical (unpaired) electrons. The Hall–Kier alpha value is -3.08. The van der Waals surface area contributed by atoms with Gasteiger partial charge in [-0.2, -0.15) is 4.31 Å². The maximum atomic E-state index is 12.7. The summed E-state index contributed by atoms with van der Waals surface area (Å²) in [7, 11) is -3.65. The van der Waals surface area contributed by atoms with Crippen molar-refractivity contribution < 1.29 is 22.7 Å². The van der Waals surface area contributed by atoms with Crippen LogP contribution in [-0.4, -0.2) is 49.3 Å². The first-order chi connectivity index (χ1) is 15.8. The lowest BCUT2D eigenvalue weighted by Gasteiger charge is -2.15. The second-order valence-electron chi connectivity index (χ2n) is 7.60. The monoisotopic (exact) mass is 485 g/mol. The van der Waals surface area contributed by atoms with E-state index in [1.165, 1.54) is 28.6 Å². The number of carbonyl (C=O) groups is 2. The van der Waals surface area contributed by atoms with E-state index in [4.69, 9.17) is 4.74 Å². The molecule has 33 heavy (non-hydrogen) atoms. The number of aromatic nitrogens is 1. The molecule has 4 rings (SSSR count). The molecule has 8 nitrogen and oxygen atoms in total. The van der Waals surface area contributed by atoms with Gasteiger partial charge in [-0.05, 0) is 50.1 Å². The zero-order chi connectivity index (χ0) is 23.4. The summed E-state index contributed by atoms with van der Waals surface area (Å²) in [6, 6.07) is 12.9. The Morgan fingerprint density at radius 2 is 1.88 bits per heavy atom. The first-order valence-corrected chi connectivity index (χ1v) is 12.7. The third kappa shape index (κ3) is 5.47. The van der Waals surface area contributed by atoms with E-state index < -0.39 is 28.5 Å². The van der Waals surface area contributed by atoms with E-state index in [0.29, 0.717) is 18.8 Å². The number of aryl methyl sites for hydroxylation is 1. The minimum Gasteiger partial charge on any atom is -0.452 e. The molecule has 0 atom stereocenters. The summed E-state index contributed by atoms with van der Waals surface area (Å²) < 4.78 is 31.9. The van der Waals surface area contributed by atoms with Crippen molar-refractivity contribution in [3.8, 4) is 11.3 Å². The minimum atomic E-state index is -3.65. The van der Waals surface area contributed by atoms with Crippen molar-refractivity contribution in [1.29, 1.82) is 0 Å². The zero-order valence-corrected chi connectivity index (χ0v) is 19.6. The van der Waals surface area contributed by atoms with Crippen LogP contribution in [0, 0.1) is 6.92 Å². The van der Waals surface area contributed by atoms with Gasteiger partial charge in [0.1, 0.15) is 0 Å². The molecule has 0 unspecified atom stereocenters. The van der Waals surface area contributed by atoms with E-state index in [0.717, 1.165) is 29.1 Å². The highest BCUT2D eigenvalue weighted by Gasteiger charge is 2.27. The molecule has 1 aliphatic rings. The predicted octanol–water partition coefficient (Wildman–Crippen LogP) is 3.70. The van der Waals surface area contributed by atoms with Gasteiger partial charge in [0, 0.05) is 29.7 Å². The molecule has 1 N–H and O–H groups in total. The van der Waals surface area contributed by atoms with Crippen molar-refractivity contribution in [3.05, 3.63) is 64.5 Å². The topological polar surface area (TPSA) is 106 Å². The molecule has 1 aromatic heterocycles. The lowest BCUT2D eigenvalue weighted by Crippen LogP contribution is -2.28. The van der Waals surface area contributed by atoms with Crippen molar-refractivity contribution in [2.75, 3.05) is 25.0 Å². The number of sulfonamides is 1. The number of nitrogens with one attached hydrogen (secondary N) is 1. The van der Waals surface area contributed by atoms with Gasteiger partial charge in [-0.15, -0.1) is 11.3 Å². The number of anilines is 1. The summed E-state index contributed by atoms with van der Waals surface area (Å²) in [6.07, 6.45) is 1.64. The molecule has 0 aliphatic carbocycles. The predicted molar refractivity (Wildman–Crippen MR) is 126 cm³/mol. The third-order valence-corrected chi connectivity index (χ3v) is 7.84. The Morgan fingerprint density at radius 1 is 1.12 bits per heavy atom. The highest BCUT2D eigenvalue weighted by atomic mass is 32.2. The number of nitrogens with zero attached hydrogens (tertiary/aromatic N) is 2. The molecule has 10 heteroatoms. The number of carbonyl (C=O) groups excluding carboxylic acids is 2. The van der Waals surface area contributed by atoms with Crippen molar-refractivity contribution in [2.24, 2.45) is 0 Å². The van der Waals surface area contributed by atoms with Crippen LogP contribution in [0.2, 0.25) is 0 Å². The summed E-state index contributed by atoms with van der Waals surface area (Å²) >= 11 is 1.54. The molecule has 0 spiro atoms. The number of hydrogen-bond donors (Lipinski definition) is 1. The van der Waals surface area contributed by atoms with Crippen LogP contribution in [0.15, 0.2) is 58.8 Å². The second-order valence-corrected chi connectivity index (χ2v) is 10.6. The molecule has 0 bridgehead atoms. The van der Waals surface area contributed by atoms with E-state index in [9.17, 15) is 18.0 Å². The second kappa shape index (κ2) is 9.82. The van der Waals surface area contributed by atoms with Crippen LogP contribution in [0.1, 0.15) is 28.2 Å². The van der Waals surface area contributed by atoms with Crippen molar-refractivity contribution in [1.82, 2.24) is 9.29 Å². The average molecular weight is 486 g/mol. The quantitative estimate of drug-likeness (QED) is 0.512. The molecular weight excluding hydrogens is 462 g/mol. The number of thiazole rings is 1. The maximum absolute atomic E-state index is 12.7. The molecule has 1 aliphatic heterocycles. The smallest absolute Gasteiger partial charge is 0.338 e. The van der Waals surface area contributed by atoms with Crippen molar-refractivity contribution in [2.45, 2.75) is 24.7 Å². The van der Waals surface area contributed by atoms with Gasteiger partial charge in [-0.1, -0.05) is 18.2 Å². The molecule has 2 aromatic carbocycles. The van der Waals surface area contributed by atoms with E-state index in [-0.39, 0.29) is 10.5 Å². The highest BCUT2D eigenvalue weighted by molar-refractivity contribution is 7.89. The van der Waals surface area contributed by atoms with Gasteiger partial charge in [0.15, 0.2) is 6.61 Å². The van der Waals surface area contributed by atoms with Crippen LogP contribution >= 0.6 is 11.3 Å².